The first kappa shape index (κ1) is 39.1. The predicted molar refractivity (Wildman–Crippen MR) is 174 cm³/mol. The molecule has 0 radical (unpaired) electrons. The molecule has 3 aliphatic heterocycles. The zero-order chi connectivity index (χ0) is 36.8. The second-order valence-electron chi connectivity index (χ2n) is 14.7. The Bertz CT molecular complexity index is 1180. The highest BCUT2D eigenvalue weighted by Gasteiger charge is 2.46. The maximum atomic E-state index is 11.9. The van der Waals surface area contributed by atoms with Crippen LogP contribution in [0.25, 0.3) is 0 Å². The summed E-state index contributed by atoms with van der Waals surface area (Å²) < 4.78 is 18.1. The predicted octanol–water partition coefficient (Wildman–Crippen LogP) is 4.80. The monoisotopic (exact) mass is 652 g/mol. The van der Waals surface area contributed by atoms with E-state index in [0.29, 0.717) is 18.8 Å². The third kappa shape index (κ3) is 11.9. The van der Waals surface area contributed by atoms with E-state index in [0.717, 1.165) is 22.6 Å². The second kappa shape index (κ2) is 16.6. The molecule has 3 aliphatic rings. The van der Waals surface area contributed by atoms with Gasteiger partial charge in [-0.2, -0.15) is 0 Å². The van der Waals surface area contributed by atoms with Crippen LogP contribution >= 0.6 is 0 Å². The first-order valence-electron chi connectivity index (χ1n) is 16.4. The van der Waals surface area contributed by atoms with Gasteiger partial charge in [0.15, 0.2) is 11.6 Å². The highest BCUT2D eigenvalue weighted by molar-refractivity contribution is 6.01. The lowest BCUT2D eigenvalue weighted by atomic mass is 9.98. The number of ether oxygens (including phenoxy) is 2. The number of nitrogens with one attached hydrogen (secondary N) is 1. The fourth-order valence-corrected chi connectivity index (χ4v) is 5.45. The number of hydrogen-bond donors (Lipinski definition) is 2. The van der Waals surface area contributed by atoms with Crippen LogP contribution in [-0.4, -0.2) is 91.9 Å². The van der Waals surface area contributed by atoms with Crippen LogP contribution in [0.15, 0.2) is 12.7 Å². The average Bonchev–Trinajstić information content (AvgIpc) is 3.49. The molecule has 0 aromatic carbocycles. The molecule has 3 saturated heterocycles. The van der Waals surface area contributed by atoms with Gasteiger partial charge in [-0.3, -0.25) is 24.1 Å². The van der Waals surface area contributed by atoms with E-state index in [4.69, 9.17) is 10.9 Å². The van der Waals surface area contributed by atoms with E-state index in [1.54, 1.807) is 55.4 Å². The molecule has 3 heterocycles. The first-order chi connectivity index (χ1) is 21.3. The molecule has 0 spiro atoms. The Morgan fingerprint density at radius 1 is 0.870 bits per heavy atom. The van der Waals surface area contributed by atoms with Crippen molar-refractivity contribution >= 4 is 35.4 Å². The number of aliphatic hydroxyl groups is 1. The number of amides is 3. The van der Waals surface area contributed by atoms with Gasteiger partial charge in [0, 0.05) is 17.9 Å². The number of ketones is 3. The number of likely N-dealkylation sites (tertiary alicyclic amines) is 2. The molecular weight excluding hydrogens is 594 g/mol. The normalized spacial score (nSPS) is 29.9. The molecule has 3 rings (SSSR count). The summed E-state index contributed by atoms with van der Waals surface area (Å²) in [7, 11) is 0. The van der Waals surface area contributed by atoms with E-state index in [1.165, 1.54) is 19.2 Å². The minimum Gasteiger partial charge on any atom is -0.444 e. The van der Waals surface area contributed by atoms with E-state index >= 15 is 0 Å². The molecule has 0 aromatic rings. The van der Waals surface area contributed by atoms with Crippen molar-refractivity contribution in [3.05, 3.63) is 12.7 Å². The molecular formula is C34H57N3O9. The molecule has 0 aliphatic carbocycles. The van der Waals surface area contributed by atoms with Crippen LogP contribution in [-0.2, 0) is 28.7 Å². The summed E-state index contributed by atoms with van der Waals surface area (Å²) in [5, 5.41) is 11.4. The van der Waals surface area contributed by atoms with Crippen molar-refractivity contribution in [3.8, 4) is 0 Å². The number of hydrogen-bond acceptors (Lipinski definition) is 10. The number of carbonyl (C=O) groups excluding carboxylic acids is 6. The van der Waals surface area contributed by atoms with Crippen molar-refractivity contribution in [1.82, 2.24) is 15.1 Å². The molecule has 12 nitrogen and oxygen atoms in total. The Hall–Kier alpha value is -3.12. The molecule has 3 amide bonds. The highest BCUT2D eigenvalue weighted by Crippen LogP contribution is 2.30. The van der Waals surface area contributed by atoms with Gasteiger partial charge in [0.2, 0.25) is 5.91 Å². The Labute approximate surface area is 276 Å². The molecule has 2 N–H and O–H groups in total. The van der Waals surface area contributed by atoms with Gasteiger partial charge in [-0.25, -0.2) is 14.5 Å². The minimum atomic E-state index is -0.946. The van der Waals surface area contributed by atoms with E-state index in [-0.39, 0.29) is 47.2 Å². The maximum Gasteiger partial charge on any atom is 0.417 e. The van der Waals surface area contributed by atoms with Gasteiger partial charge in [-0.15, -0.1) is 6.58 Å². The van der Waals surface area contributed by atoms with Gasteiger partial charge in [0.1, 0.15) is 30.7 Å². The standard InChI is InChI=1S/C12H21NO4.C12H19NO4.C10H17NO/c2*1-7-6-9(8(2)14)13(10(7)15)11(16)17-12(3,4)5;1-4-5-9-7(2)6-10(11-9)8(3)12/h7,9-10,15H,6H2,1-5H3;7,9H,6H2,1-5H3;4,7,9-11H,1,5-6H2,2-3H3/t7?,9-,10?;7?,9-;7?,9?,10-/m000/s1/i/hD. The van der Waals surface area contributed by atoms with Crippen molar-refractivity contribution in [2.24, 2.45) is 17.8 Å². The molecule has 0 aromatic heterocycles. The Morgan fingerprint density at radius 3 is 1.78 bits per heavy atom. The summed E-state index contributed by atoms with van der Waals surface area (Å²) in [6.07, 6.45) is 2.00. The summed E-state index contributed by atoms with van der Waals surface area (Å²) in [6.45, 7) is 24.1. The SMILES string of the molecule is CC(=O)[C@@H]1CC(C)C(=O)N1C(=O)OC(C)(C)C.CC(=O)[C@@H]1CC(C)C(O)N1C(=O)OC(C)(C)C.[2H]N1C(CC=C)C(C)C[C@H]1C(C)=O. The number of rotatable bonds is 5. The Kier molecular flexibility index (Phi) is 14.1. The zero-order valence-electron chi connectivity index (χ0n) is 30.8. The lowest BCUT2D eigenvalue weighted by Crippen LogP contribution is -2.47. The summed E-state index contributed by atoms with van der Waals surface area (Å²) in [6, 6.07) is -1.27. The molecule has 0 bridgehead atoms. The Morgan fingerprint density at radius 2 is 1.37 bits per heavy atom. The lowest BCUT2D eigenvalue weighted by molar-refractivity contribution is -0.134. The number of aliphatic hydroxyl groups excluding tert-OH is 1. The quantitative estimate of drug-likeness (QED) is 0.395. The van der Waals surface area contributed by atoms with Gasteiger partial charge >= 0.3 is 12.2 Å². The molecule has 0 saturated carbocycles. The smallest absolute Gasteiger partial charge is 0.417 e. The van der Waals surface area contributed by atoms with E-state index < -0.39 is 41.7 Å². The van der Waals surface area contributed by atoms with Crippen LogP contribution in [0.4, 0.5) is 9.59 Å². The molecule has 8 atom stereocenters. The fraction of sp³-hybridized carbons (Fsp3) is 0.765. The van der Waals surface area contributed by atoms with Crippen LogP contribution in [0, 0.1) is 17.8 Å². The van der Waals surface area contributed by atoms with Crippen molar-refractivity contribution < 1.29 is 44.8 Å². The maximum absolute atomic E-state index is 11.9. The average molecular weight is 653 g/mol. The largest absolute Gasteiger partial charge is 0.444 e. The molecule has 5 unspecified atom stereocenters. The summed E-state index contributed by atoms with van der Waals surface area (Å²) >= 11 is 0. The first-order valence-corrected chi connectivity index (χ1v) is 16.0. The summed E-state index contributed by atoms with van der Waals surface area (Å²) in [5.41, 5.74) is -1.31. The van der Waals surface area contributed by atoms with Gasteiger partial charge in [-0.05, 0) is 93.9 Å². The van der Waals surface area contributed by atoms with Gasteiger partial charge in [0.05, 0.1) is 12.1 Å². The van der Waals surface area contributed by atoms with E-state index in [9.17, 15) is 33.9 Å². The third-order valence-corrected chi connectivity index (χ3v) is 7.91. The summed E-state index contributed by atoms with van der Waals surface area (Å²) in [4.78, 5) is 71.8. The highest BCUT2D eigenvalue weighted by atomic mass is 16.6. The number of Topliss-reactive ketones (excluding diaryl/α,β-unsaturated/α-hetero) is 3. The summed E-state index contributed by atoms with van der Waals surface area (Å²) in [5.74, 6) is -0.544. The van der Waals surface area contributed by atoms with Crippen molar-refractivity contribution in [3.63, 3.8) is 0 Å². The minimum absolute atomic E-state index is 0.105. The molecule has 3 fully saturated rings. The van der Waals surface area contributed by atoms with Crippen LogP contribution in [0.2, 0.25) is 1.41 Å². The van der Waals surface area contributed by atoms with E-state index in [2.05, 4.69) is 13.5 Å². The number of carbonyl (C=O) groups is 6. The van der Waals surface area contributed by atoms with Gasteiger partial charge < -0.3 is 19.9 Å². The molecule has 262 valence electrons. The van der Waals surface area contributed by atoms with Crippen LogP contribution in [0.1, 0.15) is 109 Å². The van der Waals surface area contributed by atoms with Crippen LogP contribution in [0.3, 0.4) is 0 Å². The third-order valence-electron chi connectivity index (χ3n) is 7.91. The molecule has 12 heteroatoms. The van der Waals surface area contributed by atoms with Gasteiger partial charge in [0.25, 0.3) is 0 Å². The van der Waals surface area contributed by atoms with E-state index in [1.807, 2.05) is 13.0 Å². The van der Waals surface area contributed by atoms with Crippen LogP contribution in [0.5, 0.6) is 0 Å². The Balaban J connectivity index is 0.000000356. The lowest BCUT2D eigenvalue weighted by Gasteiger charge is -2.29. The van der Waals surface area contributed by atoms with Gasteiger partial charge in [-0.1, -0.05) is 26.8 Å². The van der Waals surface area contributed by atoms with Crippen molar-refractivity contribution in [1.29, 1.82) is 0 Å². The number of nitrogens with zero attached hydrogens (tertiary/aromatic N) is 2. The zero-order valence-corrected chi connectivity index (χ0v) is 29.8. The topological polar surface area (TPSA) is 160 Å². The van der Waals surface area contributed by atoms with Crippen LogP contribution < -0.4 is 5.31 Å². The fourth-order valence-electron chi connectivity index (χ4n) is 5.45. The van der Waals surface area contributed by atoms with Crippen molar-refractivity contribution in [2.45, 2.75) is 150 Å². The van der Waals surface area contributed by atoms with Crippen molar-refractivity contribution in [2.75, 3.05) is 0 Å². The molecule has 46 heavy (non-hydrogen) atoms. The second-order valence-corrected chi connectivity index (χ2v) is 14.7. The number of imide groups is 1.